The Kier molecular flexibility index (Phi) is 4.58. The highest BCUT2D eigenvalue weighted by atomic mass is 32.2. The molecular weight excluding hydrogens is 212 g/mol. The summed E-state index contributed by atoms with van der Waals surface area (Å²) in [6.45, 7) is 1.93. The summed E-state index contributed by atoms with van der Waals surface area (Å²) in [6, 6.07) is 5.00. The van der Waals surface area contributed by atoms with Crippen LogP contribution in [0.3, 0.4) is 0 Å². The van der Waals surface area contributed by atoms with Gasteiger partial charge in [-0.2, -0.15) is 11.8 Å². The van der Waals surface area contributed by atoms with Gasteiger partial charge in [0.1, 0.15) is 6.04 Å². The molecule has 0 fully saturated rings. The molecule has 0 bridgehead atoms. The smallest absolute Gasteiger partial charge is 0.321 e. The predicted molar refractivity (Wildman–Crippen MR) is 60.7 cm³/mol. The summed E-state index contributed by atoms with van der Waals surface area (Å²) in [5.74, 6) is 0.146. The van der Waals surface area contributed by atoms with Crippen molar-refractivity contribution >= 4 is 17.7 Å². The number of hydrogen-bond acceptors (Lipinski definition) is 4. The van der Waals surface area contributed by atoms with Crippen LogP contribution < -0.4 is 5.73 Å². The Bertz CT molecular complexity index is 344. The number of aryl methyl sites for hydroxylation is 1. The fraction of sp³-hybridized carbons (Fsp3) is 0.400. The number of aliphatic carboxylic acids is 1. The van der Waals surface area contributed by atoms with Crippen molar-refractivity contribution in [3.8, 4) is 0 Å². The van der Waals surface area contributed by atoms with Gasteiger partial charge in [0.2, 0.25) is 0 Å². The second kappa shape index (κ2) is 5.72. The van der Waals surface area contributed by atoms with Gasteiger partial charge in [-0.15, -0.1) is 0 Å². The molecule has 1 aromatic rings. The molecule has 1 rings (SSSR count). The molecule has 5 heteroatoms. The van der Waals surface area contributed by atoms with Crippen LogP contribution in [0.5, 0.6) is 0 Å². The van der Waals surface area contributed by atoms with Crippen LogP contribution in [0.15, 0.2) is 18.2 Å². The van der Waals surface area contributed by atoms with E-state index in [1.807, 2.05) is 25.1 Å². The lowest BCUT2D eigenvalue weighted by Gasteiger charge is -2.05. The summed E-state index contributed by atoms with van der Waals surface area (Å²) in [6.07, 6.45) is 0. The van der Waals surface area contributed by atoms with Crippen molar-refractivity contribution in [3.63, 3.8) is 0 Å². The Morgan fingerprint density at radius 1 is 1.67 bits per heavy atom. The van der Waals surface area contributed by atoms with E-state index in [1.165, 1.54) is 11.8 Å². The zero-order valence-electron chi connectivity index (χ0n) is 8.51. The van der Waals surface area contributed by atoms with Crippen molar-refractivity contribution in [2.75, 3.05) is 5.75 Å². The number of nitrogens with zero attached hydrogens (tertiary/aromatic N) is 1. The van der Waals surface area contributed by atoms with Gasteiger partial charge in [-0.25, -0.2) is 0 Å². The Labute approximate surface area is 92.9 Å². The molecule has 15 heavy (non-hydrogen) atoms. The second-order valence-electron chi connectivity index (χ2n) is 3.23. The Hall–Kier alpha value is -1.07. The lowest BCUT2D eigenvalue weighted by molar-refractivity contribution is -0.137. The van der Waals surface area contributed by atoms with E-state index in [0.717, 1.165) is 11.4 Å². The average Bonchev–Trinajstić information content (AvgIpc) is 2.17. The van der Waals surface area contributed by atoms with Crippen molar-refractivity contribution in [1.82, 2.24) is 4.98 Å². The molecule has 4 nitrogen and oxygen atoms in total. The van der Waals surface area contributed by atoms with Gasteiger partial charge >= 0.3 is 5.97 Å². The largest absolute Gasteiger partial charge is 0.480 e. The minimum Gasteiger partial charge on any atom is -0.480 e. The van der Waals surface area contributed by atoms with E-state index < -0.39 is 12.0 Å². The molecule has 0 saturated carbocycles. The highest BCUT2D eigenvalue weighted by Crippen LogP contribution is 2.11. The molecule has 0 unspecified atom stereocenters. The molecule has 0 radical (unpaired) electrons. The molecular formula is C10H14N2O2S. The van der Waals surface area contributed by atoms with Crippen molar-refractivity contribution in [2.45, 2.75) is 18.7 Å². The second-order valence-corrected chi connectivity index (χ2v) is 4.26. The molecule has 1 heterocycles. The molecule has 0 amide bonds. The molecule has 0 aliphatic heterocycles. The molecule has 82 valence electrons. The minimum atomic E-state index is -0.959. The predicted octanol–water partition coefficient (Wildman–Crippen LogP) is 1.04. The summed E-state index contributed by atoms with van der Waals surface area (Å²) in [4.78, 5) is 14.7. The maximum atomic E-state index is 10.4. The van der Waals surface area contributed by atoms with E-state index in [9.17, 15) is 4.79 Å². The quantitative estimate of drug-likeness (QED) is 0.784. The first-order valence-corrected chi connectivity index (χ1v) is 5.73. The van der Waals surface area contributed by atoms with E-state index in [1.54, 1.807) is 0 Å². The highest BCUT2D eigenvalue weighted by Gasteiger charge is 2.10. The van der Waals surface area contributed by atoms with E-state index >= 15 is 0 Å². The number of aromatic nitrogens is 1. The highest BCUT2D eigenvalue weighted by molar-refractivity contribution is 7.98. The average molecular weight is 226 g/mol. The Balaban J connectivity index is 2.35. The summed E-state index contributed by atoms with van der Waals surface area (Å²) in [5.41, 5.74) is 7.29. The topological polar surface area (TPSA) is 76.2 Å². The van der Waals surface area contributed by atoms with Gasteiger partial charge in [0.05, 0.1) is 5.69 Å². The molecule has 3 N–H and O–H groups in total. The van der Waals surface area contributed by atoms with Gasteiger partial charge in [0.15, 0.2) is 0 Å². The summed E-state index contributed by atoms with van der Waals surface area (Å²) >= 11 is 1.48. The lowest BCUT2D eigenvalue weighted by Crippen LogP contribution is -2.32. The standard InChI is InChI=1S/C10H14N2O2S/c1-7-3-2-4-8(12-7)5-15-6-9(11)10(13)14/h2-4,9H,5-6,11H2,1H3,(H,13,14)/t9-/m0/s1. The van der Waals surface area contributed by atoms with Gasteiger partial charge in [0, 0.05) is 17.2 Å². The fourth-order valence-corrected chi connectivity index (χ4v) is 1.93. The number of nitrogens with two attached hydrogens (primary N) is 1. The molecule has 0 spiro atoms. The third-order valence-electron chi connectivity index (χ3n) is 1.81. The normalized spacial score (nSPS) is 12.4. The van der Waals surface area contributed by atoms with Crippen molar-refractivity contribution < 1.29 is 9.90 Å². The molecule has 0 aromatic carbocycles. The summed E-state index contributed by atoms with van der Waals surface area (Å²) in [7, 11) is 0. The number of carboxylic acids is 1. The molecule has 0 saturated heterocycles. The van der Waals surface area contributed by atoms with Crippen LogP contribution in [-0.4, -0.2) is 27.9 Å². The minimum absolute atomic E-state index is 0.408. The van der Waals surface area contributed by atoms with Gasteiger partial charge in [-0.1, -0.05) is 6.07 Å². The number of hydrogen-bond donors (Lipinski definition) is 2. The first-order valence-electron chi connectivity index (χ1n) is 4.58. The lowest BCUT2D eigenvalue weighted by atomic mass is 10.3. The monoisotopic (exact) mass is 226 g/mol. The Morgan fingerprint density at radius 3 is 3.00 bits per heavy atom. The molecule has 0 aliphatic rings. The van der Waals surface area contributed by atoms with Gasteiger partial charge < -0.3 is 10.8 Å². The number of rotatable bonds is 5. The maximum Gasteiger partial charge on any atom is 0.321 e. The van der Waals surface area contributed by atoms with Crippen molar-refractivity contribution in [1.29, 1.82) is 0 Å². The van der Waals surface area contributed by atoms with Crippen LogP contribution in [0.4, 0.5) is 0 Å². The fourth-order valence-electron chi connectivity index (χ4n) is 1.04. The van der Waals surface area contributed by atoms with Crippen LogP contribution in [0.2, 0.25) is 0 Å². The first kappa shape index (κ1) is 12.0. The zero-order chi connectivity index (χ0) is 11.3. The third-order valence-corrected chi connectivity index (χ3v) is 2.91. The van der Waals surface area contributed by atoms with Gasteiger partial charge in [0.25, 0.3) is 0 Å². The molecule has 1 aromatic heterocycles. The number of carboxylic acid groups (broad SMARTS) is 1. The van der Waals surface area contributed by atoms with E-state index in [-0.39, 0.29) is 0 Å². The first-order chi connectivity index (χ1) is 7.09. The van der Waals surface area contributed by atoms with E-state index in [2.05, 4.69) is 4.98 Å². The SMILES string of the molecule is Cc1cccc(CSC[C@H](N)C(=O)O)n1. The Morgan fingerprint density at radius 2 is 2.40 bits per heavy atom. The molecule has 0 aliphatic carbocycles. The van der Waals surface area contributed by atoms with Crippen LogP contribution in [0, 0.1) is 6.92 Å². The molecule has 1 atom stereocenters. The van der Waals surface area contributed by atoms with Crippen LogP contribution in [0.1, 0.15) is 11.4 Å². The van der Waals surface area contributed by atoms with Crippen LogP contribution in [-0.2, 0) is 10.5 Å². The van der Waals surface area contributed by atoms with E-state index in [0.29, 0.717) is 11.5 Å². The summed E-state index contributed by atoms with van der Waals surface area (Å²) < 4.78 is 0. The summed E-state index contributed by atoms with van der Waals surface area (Å²) in [5, 5.41) is 8.57. The van der Waals surface area contributed by atoms with E-state index in [4.69, 9.17) is 10.8 Å². The van der Waals surface area contributed by atoms with Gasteiger partial charge in [-0.05, 0) is 19.1 Å². The van der Waals surface area contributed by atoms with Crippen LogP contribution >= 0.6 is 11.8 Å². The number of carbonyl (C=O) groups is 1. The zero-order valence-corrected chi connectivity index (χ0v) is 9.33. The third kappa shape index (κ3) is 4.31. The van der Waals surface area contributed by atoms with Gasteiger partial charge in [-0.3, -0.25) is 9.78 Å². The van der Waals surface area contributed by atoms with Crippen LogP contribution in [0.25, 0.3) is 0 Å². The van der Waals surface area contributed by atoms with Crippen molar-refractivity contribution in [3.05, 3.63) is 29.6 Å². The number of thioether (sulfide) groups is 1. The maximum absolute atomic E-state index is 10.4. The number of pyridine rings is 1. The van der Waals surface area contributed by atoms with Crippen molar-refractivity contribution in [2.24, 2.45) is 5.73 Å².